The van der Waals surface area contributed by atoms with E-state index >= 15 is 0 Å². The topological polar surface area (TPSA) is 66.1 Å². The monoisotopic (exact) mass is 502 g/mol. The Morgan fingerprint density at radius 1 is 0.941 bits per heavy atom. The summed E-state index contributed by atoms with van der Waals surface area (Å²) in [5.74, 6) is 1.76. The number of carbonyl (C=O) groups is 1. The number of ether oxygens (including phenoxy) is 2. The third-order valence-electron chi connectivity index (χ3n) is 5.36. The van der Waals surface area contributed by atoms with Crippen LogP contribution in [0.1, 0.15) is 26.7 Å². The molecule has 0 saturated carbocycles. The largest absolute Gasteiger partial charge is 0.486 e. The van der Waals surface area contributed by atoms with Crippen molar-refractivity contribution in [1.29, 1.82) is 0 Å². The molecule has 0 aliphatic carbocycles. The Labute approximate surface area is 211 Å². The Morgan fingerprint density at radius 3 is 2.38 bits per heavy atom. The molecule has 2 aliphatic heterocycles. The fraction of sp³-hybridized carbons (Fsp3) is 0.480. The summed E-state index contributed by atoms with van der Waals surface area (Å²) in [5, 5.41) is 6.30. The van der Waals surface area contributed by atoms with Gasteiger partial charge in [0.2, 0.25) is 5.91 Å². The van der Waals surface area contributed by atoms with Gasteiger partial charge in [-0.15, -0.1) is 0 Å². The lowest BCUT2D eigenvalue weighted by Gasteiger charge is -2.22. The Balaban J connectivity index is 1.24. The van der Waals surface area contributed by atoms with Crippen molar-refractivity contribution in [3.8, 4) is 11.5 Å². The van der Waals surface area contributed by atoms with Gasteiger partial charge < -0.3 is 20.1 Å². The van der Waals surface area contributed by atoms with E-state index in [4.69, 9.17) is 9.47 Å². The first-order chi connectivity index (χ1) is 16.5. The maximum absolute atomic E-state index is 11.8. The number of benzene rings is 2. The fourth-order valence-corrected chi connectivity index (χ4v) is 5.80. The van der Waals surface area contributed by atoms with Crippen molar-refractivity contribution in [3.05, 3.63) is 42.5 Å². The van der Waals surface area contributed by atoms with Gasteiger partial charge in [0.15, 0.2) is 11.5 Å². The Hall–Kier alpha value is -2.07. The zero-order valence-corrected chi connectivity index (χ0v) is 21.6. The van der Waals surface area contributed by atoms with Crippen molar-refractivity contribution in [1.82, 2.24) is 13.9 Å². The summed E-state index contributed by atoms with van der Waals surface area (Å²) >= 11 is 3.60. The highest BCUT2D eigenvalue weighted by Crippen LogP contribution is 2.36. The van der Waals surface area contributed by atoms with Gasteiger partial charge in [0, 0.05) is 60.7 Å². The lowest BCUT2D eigenvalue weighted by Crippen LogP contribution is -2.31. The first-order valence-electron chi connectivity index (χ1n) is 11.9. The van der Waals surface area contributed by atoms with Crippen LogP contribution >= 0.6 is 23.9 Å². The van der Waals surface area contributed by atoms with Crippen molar-refractivity contribution in [2.75, 3.05) is 51.3 Å². The van der Waals surface area contributed by atoms with E-state index in [1.54, 1.807) is 11.9 Å². The fourth-order valence-electron chi connectivity index (χ4n) is 3.81. The number of rotatable bonds is 9. The van der Waals surface area contributed by atoms with E-state index in [0.29, 0.717) is 26.2 Å². The summed E-state index contributed by atoms with van der Waals surface area (Å²) in [7, 11) is 0. The molecule has 0 bridgehead atoms. The first-order valence-corrected chi connectivity index (χ1v) is 13.5. The maximum Gasteiger partial charge on any atom is 0.221 e. The molecule has 2 aliphatic rings. The quantitative estimate of drug-likeness (QED) is 0.486. The van der Waals surface area contributed by atoms with E-state index in [9.17, 15) is 4.79 Å². The number of carbonyl (C=O) groups excluding carboxylic acids is 1. The van der Waals surface area contributed by atoms with E-state index in [1.807, 2.05) is 31.9 Å². The third-order valence-corrected chi connectivity index (χ3v) is 7.54. The SMILES string of the molecule is CC(C)NC(=O)CCNc1cccc(SN2CCCN(Sc3ccc4c(c3)OCCO4)CC2)c1. The molecule has 0 unspecified atom stereocenters. The molecule has 2 heterocycles. The van der Waals surface area contributed by atoms with Gasteiger partial charge in [-0.25, -0.2) is 8.61 Å². The number of nitrogens with zero attached hydrogens (tertiary/aromatic N) is 2. The number of amides is 1. The molecule has 1 amide bonds. The number of fused-ring (bicyclic) bond motifs is 1. The molecule has 2 aromatic rings. The molecule has 1 fully saturated rings. The number of hydrogen-bond donors (Lipinski definition) is 2. The van der Waals surface area contributed by atoms with Gasteiger partial charge >= 0.3 is 0 Å². The molecule has 9 heteroatoms. The van der Waals surface area contributed by atoms with Gasteiger partial charge in [0.05, 0.1) is 0 Å². The van der Waals surface area contributed by atoms with Crippen molar-refractivity contribution in [3.63, 3.8) is 0 Å². The average molecular weight is 503 g/mol. The highest BCUT2D eigenvalue weighted by Gasteiger charge is 2.18. The highest BCUT2D eigenvalue weighted by atomic mass is 32.2. The second-order valence-corrected chi connectivity index (χ2v) is 11.0. The molecular weight excluding hydrogens is 468 g/mol. The van der Waals surface area contributed by atoms with Crippen LogP contribution in [-0.2, 0) is 4.79 Å². The minimum absolute atomic E-state index is 0.0799. The van der Waals surface area contributed by atoms with Gasteiger partial charge in [-0.05, 0) is 80.6 Å². The molecule has 34 heavy (non-hydrogen) atoms. The van der Waals surface area contributed by atoms with Crippen molar-refractivity contribution >= 4 is 35.5 Å². The summed E-state index contributed by atoms with van der Waals surface area (Å²) in [5.41, 5.74) is 1.05. The number of anilines is 1. The van der Waals surface area contributed by atoms with Crippen LogP contribution in [0.5, 0.6) is 11.5 Å². The zero-order chi connectivity index (χ0) is 23.8. The smallest absolute Gasteiger partial charge is 0.221 e. The predicted octanol–water partition coefficient (Wildman–Crippen LogP) is 4.51. The summed E-state index contributed by atoms with van der Waals surface area (Å²) in [6.07, 6.45) is 1.59. The molecule has 1 saturated heterocycles. The Bertz CT molecular complexity index is 960. The van der Waals surface area contributed by atoms with Gasteiger partial charge in [0.1, 0.15) is 13.2 Å². The molecule has 2 aromatic carbocycles. The number of nitrogens with one attached hydrogen (secondary N) is 2. The van der Waals surface area contributed by atoms with Crippen molar-refractivity contribution < 1.29 is 14.3 Å². The maximum atomic E-state index is 11.8. The zero-order valence-electron chi connectivity index (χ0n) is 19.9. The van der Waals surface area contributed by atoms with E-state index < -0.39 is 0 Å². The standard InChI is InChI=1S/C25H34N4O3S2/c1-19(2)27-25(30)9-10-26-20-5-3-6-21(17-20)33-28-11-4-12-29(14-13-28)34-22-7-8-23-24(18-22)32-16-15-31-23/h3,5-8,17-19,26H,4,9-16H2,1-2H3,(H,27,30). The van der Waals surface area contributed by atoms with E-state index in [0.717, 1.165) is 49.8 Å². The molecule has 4 rings (SSSR count). The van der Waals surface area contributed by atoms with Crippen LogP contribution in [0, 0.1) is 0 Å². The van der Waals surface area contributed by atoms with E-state index in [-0.39, 0.29) is 11.9 Å². The average Bonchev–Trinajstić information content (AvgIpc) is 3.04. The second kappa shape index (κ2) is 12.6. The van der Waals surface area contributed by atoms with Crippen LogP contribution in [0.3, 0.4) is 0 Å². The lowest BCUT2D eigenvalue weighted by molar-refractivity contribution is -0.121. The lowest BCUT2D eigenvalue weighted by atomic mass is 10.3. The minimum atomic E-state index is 0.0799. The normalized spacial score (nSPS) is 16.8. The van der Waals surface area contributed by atoms with Crippen LogP contribution in [0.2, 0.25) is 0 Å². The van der Waals surface area contributed by atoms with Crippen LogP contribution in [-0.4, -0.2) is 66.5 Å². The highest BCUT2D eigenvalue weighted by molar-refractivity contribution is 7.97. The van der Waals surface area contributed by atoms with Crippen LogP contribution in [0.25, 0.3) is 0 Å². The van der Waals surface area contributed by atoms with Gasteiger partial charge in [-0.3, -0.25) is 4.79 Å². The van der Waals surface area contributed by atoms with Crippen molar-refractivity contribution in [2.45, 2.75) is 42.5 Å². The molecule has 184 valence electrons. The molecule has 0 spiro atoms. The van der Waals surface area contributed by atoms with E-state index in [2.05, 4.69) is 55.6 Å². The van der Waals surface area contributed by atoms with Crippen molar-refractivity contribution in [2.24, 2.45) is 0 Å². The second-order valence-electron chi connectivity index (χ2n) is 8.63. The molecule has 0 atom stereocenters. The Morgan fingerprint density at radius 2 is 1.65 bits per heavy atom. The summed E-state index contributed by atoms with van der Waals surface area (Å²) < 4.78 is 16.2. The first kappa shape index (κ1) is 25.0. The molecule has 0 radical (unpaired) electrons. The molecular formula is C25H34N4O3S2. The van der Waals surface area contributed by atoms with Crippen LogP contribution in [0.15, 0.2) is 52.3 Å². The van der Waals surface area contributed by atoms with Gasteiger partial charge in [-0.2, -0.15) is 0 Å². The summed E-state index contributed by atoms with van der Waals surface area (Å²) in [6.45, 7) is 9.91. The van der Waals surface area contributed by atoms with Crippen LogP contribution in [0.4, 0.5) is 5.69 Å². The summed E-state index contributed by atoms with van der Waals surface area (Å²) in [6, 6.07) is 14.8. The third kappa shape index (κ3) is 7.73. The van der Waals surface area contributed by atoms with Gasteiger partial charge in [-0.1, -0.05) is 6.07 Å². The van der Waals surface area contributed by atoms with Gasteiger partial charge in [0.25, 0.3) is 0 Å². The predicted molar refractivity (Wildman–Crippen MR) is 140 cm³/mol. The molecule has 7 nitrogen and oxygen atoms in total. The summed E-state index contributed by atoms with van der Waals surface area (Å²) in [4.78, 5) is 14.2. The molecule has 2 N–H and O–H groups in total. The number of hydrogen-bond acceptors (Lipinski definition) is 8. The minimum Gasteiger partial charge on any atom is -0.486 e. The van der Waals surface area contributed by atoms with Crippen LogP contribution < -0.4 is 20.1 Å². The Kier molecular flexibility index (Phi) is 9.26. The van der Waals surface area contributed by atoms with E-state index in [1.165, 1.54) is 9.79 Å². The molecule has 0 aromatic heterocycles.